The van der Waals surface area contributed by atoms with Crippen LogP contribution >= 0.6 is 0 Å². The molecule has 1 aliphatic heterocycles. The largest absolute Gasteiger partial charge is 0.497 e. The molecule has 1 aliphatic rings. The van der Waals surface area contributed by atoms with Crippen molar-refractivity contribution in [2.24, 2.45) is 0 Å². The molecule has 2 aromatic rings. The van der Waals surface area contributed by atoms with E-state index in [9.17, 15) is 8.42 Å². The number of nitrogens with one attached hydrogen (secondary N) is 1. The number of rotatable bonds is 7. The fraction of sp³-hybridized carbons (Fsp3) is 0.368. The van der Waals surface area contributed by atoms with Gasteiger partial charge in [0.2, 0.25) is 10.0 Å². The Morgan fingerprint density at radius 1 is 1.15 bits per heavy atom. The molecule has 0 amide bonds. The van der Waals surface area contributed by atoms with Gasteiger partial charge in [-0.1, -0.05) is 12.1 Å². The maximum absolute atomic E-state index is 12.8. The van der Waals surface area contributed by atoms with Crippen molar-refractivity contribution in [3.8, 4) is 17.2 Å². The summed E-state index contributed by atoms with van der Waals surface area (Å²) in [7, 11) is -0.813. The molecule has 2 aromatic carbocycles. The molecule has 1 N–H and O–H groups in total. The smallest absolute Gasteiger partial charge is 0.244 e. The molecule has 26 heavy (non-hydrogen) atoms. The van der Waals surface area contributed by atoms with Crippen LogP contribution in [0, 0.1) is 0 Å². The highest BCUT2D eigenvalue weighted by molar-refractivity contribution is 7.89. The van der Waals surface area contributed by atoms with Crippen molar-refractivity contribution >= 4 is 10.0 Å². The standard InChI is InChI=1S/C19H23NO5S/c1-13(10-14-4-6-17-15(11-14)8-9-25-17)20-26(21,22)19-12-16(23-2)5-7-18(19)24-3/h4-7,11-13,20H,8-10H2,1-3H3. The Labute approximate surface area is 154 Å². The van der Waals surface area contributed by atoms with Crippen molar-refractivity contribution in [2.75, 3.05) is 20.8 Å². The van der Waals surface area contributed by atoms with Gasteiger partial charge in [-0.25, -0.2) is 13.1 Å². The number of sulfonamides is 1. The van der Waals surface area contributed by atoms with E-state index in [1.54, 1.807) is 12.1 Å². The normalized spacial score (nSPS) is 14.4. The van der Waals surface area contributed by atoms with Crippen molar-refractivity contribution < 1.29 is 22.6 Å². The quantitative estimate of drug-likeness (QED) is 0.803. The highest BCUT2D eigenvalue weighted by Gasteiger charge is 2.23. The summed E-state index contributed by atoms with van der Waals surface area (Å²) in [6, 6.07) is 10.4. The van der Waals surface area contributed by atoms with Crippen LogP contribution in [-0.4, -0.2) is 35.3 Å². The molecule has 0 aromatic heterocycles. The number of methoxy groups -OCH3 is 2. The summed E-state index contributed by atoms with van der Waals surface area (Å²) in [4.78, 5) is 0.0635. The van der Waals surface area contributed by atoms with Crippen LogP contribution in [0.2, 0.25) is 0 Å². The molecule has 3 rings (SSSR count). The first-order valence-corrected chi connectivity index (χ1v) is 9.90. The molecule has 0 bridgehead atoms. The lowest BCUT2D eigenvalue weighted by Gasteiger charge is -2.17. The van der Waals surface area contributed by atoms with Gasteiger partial charge in [0.1, 0.15) is 22.1 Å². The second-order valence-electron chi connectivity index (χ2n) is 6.28. The minimum atomic E-state index is -3.75. The van der Waals surface area contributed by atoms with Crippen LogP contribution in [0.4, 0.5) is 0 Å². The highest BCUT2D eigenvalue weighted by Crippen LogP contribution is 2.29. The van der Waals surface area contributed by atoms with Crippen molar-refractivity contribution in [3.05, 3.63) is 47.5 Å². The Balaban J connectivity index is 1.76. The molecule has 6 nitrogen and oxygen atoms in total. The summed E-state index contributed by atoms with van der Waals surface area (Å²) in [5, 5.41) is 0. The Kier molecular flexibility index (Phi) is 5.38. The Hall–Kier alpha value is -2.25. The van der Waals surface area contributed by atoms with E-state index >= 15 is 0 Å². The van der Waals surface area contributed by atoms with Crippen LogP contribution in [0.1, 0.15) is 18.1 Å². The topological polar surface area (TPSA) is 73.9 Å². The summed E-state index contributed by atoms with van der Waals surface area (Å²) in [5.74, 6) is 1.65. The molecule has 0 fully saturated rings. The zero-order valence-corrected chi connectivity index (χ0v) is 15.9. The average molecular weight is 377 g/mol. The van der Waals surface area contributed by atoms with Crippen LogP contribution < -0.4 is 18.9 Å². The summed E-state index contributed by atoms with van der Waals surface area (Å²) in [6.45, 7) is 2.55. The third kappa shape index (κ3) is 3.94. The van der Waals surface area contributed by atoms with Crippen LogP contribution in [0.25, 0.3) is 0 Å². The van der Waals surface area contributed by atoms with Gasteiger partial charge in [-0.2, -0.15) is 0 Å². The van der Waals surface area contributed by atoms with E-state index in [4.69, 9.17) is 14.2 Å². The van der Waals surface area contributed by atoms with Crippen molar-refractivity contribution in [2.45, 2.75) is 30.7 Å². The molecule has 1 atom stereocenters. The van der Waals surface area contributed by atoms with Gasteiger partial charge in [-0.05, 0) is 42.7 Å². The molecule has 0 saturated heterocycles. The lowest BCUT2D eigenvalue weighted by molar-refractivity contribution is 0.357. The highest BCUT2D eigenvalue weighted by atomic mass is 32.2. The van der Waals surface area contributed by atoms with Gasteiger partial charge in [-0.3, -0.25) is 0 Å². The summed E-state index contributed by atoms with van der Waals surface area (Å²) < 4.78 is 44.2. The summed E-state index contributed by atoms with van der Waals surface area (Å²) >= 11 is 0. The minimum Gasteiger partial charge on any atom is -0.497 e. The van der Waals surface area contributed by atoms with E-state index in [0.717, 1.165) is 17.7 Å². The lowest BCUT2D eigenvalue weighted by atomic mass is 10.0. The minimum absolute atomic E-state index is 0.0635. The van der Waals surface area contributed by atoms with Crippen LogP contribution in [0.3, 0.4) is 0 Å². The van der Waals surface area contributed by atoms with Crippen LogP contribution in [-0.2, 0) is 22.9 Å². The number of fused-ring (bicyclic) bond motifs is 1. The molecule has 0 saturated carbocycles. The Bertz CT molecular complexity index is 895. The van der Waals surface area contributed by atoms with E-state index in [1.165, 1.54) is 25.8 Å². The monoisotopic (exact) mass is 377 g/mol. The second-order valence-corrected chi connectivity index (χ2v) is 7.97. The van der Waals surface area contributed by atoms with Crippen LogP contribution in [0.5, 0.6) is 17.2 Å². The summed E-state index contributed by atoms with van der Waals surface area (Å²) in [6.07, 6.45) is 1.48. The maximum atomic E-state index is 12.8. The third-order valence-electron chi connectivity index (χ3n) is 4.31. The first-order valence-electron chi connectivity index (χ1n) is 8.42. The first-order chi connectivity index (χ1) is 12.4. The van der Waals surface area contributed by atoms with Gasteiger partial charge in [0.15, 0.2) is 0 Å². The molecule has 140 valence electrons. The lowest BCUT2D eigenvalue weighted by Crippen LogP contribution is -2.34. The zero-order chi connectivity index (χ0) is 18.7. The fourth-order valence-electron chi connectivity index (χ4n) is 3.08. The van der Waals surface area contributed by atoms with E-state index in [-0.39, 0.29) is 16.7 Å². The molecule has 0 spiro atoms. The molecular weight excluding hydrogens is 354 g/mol. The number of hydrogen-bond acceptors (Lipinski definition) is 5. The third-order valence-corrected chi connectivity index (χ3v) is 5.92. The van der Waals surface area contributed by atoms with Crippen molar-refractivity contribution in [3.63, 3.8) is 0 Å². The SMILES string of the molecule is COc1ccc(OC)c(S(=O)(=O)NC(C)Cc2ccc3c(c2)CCO3)c1. The van der Waals surface area contributed by atoms with Crippen molar-refractivity contribution in [1.82, 2.24) is 4.72 Å². The van der Waals surface area contributed by atoms with Gasteiger partial charge in [-0.15, -0.1) is 0 Å². The number of benzene rings is 2. The van der Waals surface area contributed by atoms with E-state index in [2.05, 4.69) is 10.8 Å². The maximum Gasteiger partial charge on any atom is 0.244 e. The van der Waals surface area contributed by atoms with Gasteiger partial charge in [0.05, 0.1) is 20.8 Å². The zero-order valence-electron chi connectivity index (χ0n) is 15.1. The first kappa shape index (κ1) is 18.5. The van der Waals surface area contributed by atoms with Gasteiger partial charge >= 0.3 is 0 Å². The predicted molar refractivity (Wildman–Crippen MR) is 98.7 cm³/mol. The van der Waals surface area contributed by atoms with Crippen LogP contribution in [0.15, 0.2) is 41.3 Å². The van der Waals surface area contributed by atoms with Crippen molar-refractivity contribution in [1.29, 1.82) is 0 Å². The average Bonchev–Trinajstić information content (AvgIpc) is 3.08. The molecule has 0 aliphatic carbocycles. The molecule has 7 heteroatoms. The molecular formula is C19H23NO5S. The Morgan fingerprint density at radius 2 is 1.96 bits per heavy atom. The molecule has 1 heterocycles. The van der Waals surface area contributed by atoms with Gasteiger partial charge < -0.3 is 14.2 Å². The van der Waals surface area contributed by atoms with Gasteiger partial charge in [0.25, 0.3) is 0 Å². The van der Waals surface area contributed by atoms with E-state index < -0.39 is 10.0 Å². The number of hydrogen-bond donors (Lipinski definition) is 1. The Morgan fingerprint density at radius 3 is 2.69 bits per heavy atom. The second kappa shape index (κ2) is 7.55. The summed E-state index contributed by atoms with van der Waals surface area (Å²) in [5.41, 5.74) is 2.24. The predicted octanol–water partition coefficient (Wildman–Crippen LogP) is 2.55. The van der Waals surface area contributed by atoms with E-state index in [1.807, 2.05) is 19.1 Å². The number of ether oxygens (including phenoxy) is 3. The van der Waals surface area contributed by atoms with Gasteiger partial charge in [0, 0.05) is 18.5 Å². The fourth-order valence-corrected chi connectivity index (χ4v) is 4.51. The van der Waals surface area contributed by atoms with E-state index in [0.29, 0.717) is 18.8 Å². The molecule has 1 unspecified atom stereocenters. The molecule has 0 radical (unpaired) electrons.